The van der Waals surface area contributed by atoms with Crippen LogP contribution in [-0.4, -0.2) is 0 Å². The Morgan fingerprint density at radius 3 is 1.94 bits per heavy atom. The molecule has 1 fully saturated rings. The van der Waals surface area contributed by atoms with Gasteiger partial charge in [-0.25, -0.2) is 0 Å². The number of hydrogen-bond acceptors (Lipinski definition) is 0. The highest BCUT2D eigenvalue weighted by molar-refractivity contribution is 5.64. The monoisotopic (exact) mass is 414 g/mol. The van der Waals surface area contributed by atoms with E-state index >= 15 is 0 Å². The Bertz CT molecular complexity index is 792. The van der Waals surface area contributed by atoms with Crippen LogP contribution in [0.15, 0.2) is 48.5 Å². The van der Waals surface area contributed by atoms with Gasteiger partial charge in [-0.15, -0.1) is 0 Å². The second-order valence-electron chi connectivity index (χ2n) is 9.57. The van der Waals surface area contributed by atoms with Gasteiger partial charge in [0.2, 0.25) is 0 Å². The Morgan fingerprint density at radius 1 is 0.677 bits per heavy atom. The molecule has 3 rings (SSSR count). The summed E-state index contributed by atoms with van der Waals surface area (Å²) in [6, 6.07) is 18.0. The van der Waals surface area contributed by atoms with Crippen LogP contribution in [0.2, 0.25) is 0 Å². The number of benzene rings is 2. The predicted octanol–water partition coefficient (Wildman–Crippen LogP) is 9.21. The number of aryl methyl sites for hydroxylation is 1. The van der Waals surface area contributed by atoms with E-state index in [0.29, 0.717) is 5.92 Å². The van der Waals surface area contributed by atoms with Gasteiger partial charge in [0.05, 0.1) is 0 Å². The smallest absolute Gasteiger partial charge is 0.0245 e. The van der Waals surface area contributed by atoms with Crippen molar-refractivity contribution in [3.05, 3.63) is 59.7 Å². The Labute approximate surface area is 191 Å². The van der Waals surface area contributed by atoms with Crippen LogP contribution in [0, 0.1) is 23.7 Å². The summed E-state index contributed by atoms with van der Waals surface area (Å²) in [7, 11) is 0. The zero-order chi connectivity index (χ0) is 21.7. The van der Waals surface area contributed by atoms with Gasteiger partial charge in [0, 0.05) is 11.5 Å². The largest absolute Gasteiger partial charge is 0.0945 e. The molecular formula is C31H42. The van der Waals surface area contributed by atoms with Crippen LogP contribution in [0.5, 0.6) is 0 Å². The topological polar surface area (TPSA) is 0 Å². The van der Waals surface area contributed by atoms with Gasteiger partial charge in [-0.3, -0.25) is 0 Å². The first-order valence-corrected chi connectivity index (χ1v) is 13.0. The second kappa shape index (κ2) is 13.4. The lowest BCUT2D eigenvalue weighted by molar-refractivity contribution is 0.296. The first-order valence-electron chi connectivity index (χ1n) is 13.0. The van der Waals surface area contributed by atoms with Gasteiger partial charge in [0.15, 0.2) is 0 Å². The number of rotatable bonds is 10. The highest BCUT2D eigenvalue weighted by atomic mass is 14.2. The van der Waals surface area contributed by atoms with E-state index in [9.17, 15) is 0 Å². The van der Waals surface area contributed by atoms with E-state index in [1.54, 1.807) is 0 Å². The van der Waals surface area contributed by atoms with E-state index in [0.717, 1.165) is 11.5 Å². The van der Waals surface area contributed by atoms with Crippen LogP contribution in [0.4, 0.5) is 0 Å². The maximum absolute atomic E-state index is 3.56. The van der Waals surface area contributed by atoms with Crippen molar-refractivity contribution in [1.82, 2.24) is 0 Å². The minimum Gasteiger partial charge on any atom is -0.0945 e. The molecule has 0 N–H and O–H groups in total. The molecular weight excluding hydrogens is 372 g/mol. The third kappa shape index (κ3) is 8.22. The van der Waals surface area contributed by atoms with Gasteiger partial charge in [-0.05, 0) is 73.3 Å². The molecule has 0 heterocycles. The predicted molar refractivity (Wildman–Crippen MR) is 136 cm³/mol. The van der Waals surface area contributed by atoms with Gasteiger partial charge in [0.1, 0.15) is 0 Å². The molecule has 0 radical (unpaired) electrons. The van der Waals surface area contributed by atoms with E-state index in [-0.39, 0.29) is 0 Å². The standard InChI is InChI=1S/C31H42/c1-3-5-7-8-9-11-27-18-22-30(23-19-27)31-24-20-29(21-25-31)17-16-28-14-12-26(13-15-28)10-6-4-2/h18-26,28H,3-15H2,1-2H3/t26-,28-. The van der Waals surface area contributed by atoms with Crippen molar-refractivity contribution in [2.45, 2.75) is 97.3 Å². The fourth-order valence-electron chi connectivity index (χ4n) is 4.82. The molecule has 0 saturated heterocycles. The normalized spacial score (nSPS) is 18.4. The van der Waals surface area contributed by atoms with Crippen molar-refractivity contribution >= 4 is 0 Å². The van der Waals surface area contributed by atoms with E-state index in [2.05, 4.69) is 74.2 Å². The molecule has 0 bridgehead atoms. The van der Waals surface area contributed by atoms with Crippen LogP contribution < -0.4 is 0 Å². The average molecular weight is 415 g/mol. The molecule has 0 amide bonds. The van der Waals surface area contributed by atoms with Crippen molar-refractivity contribution in [1.29, 1.82) is 0 Å². The molecule has 0 aromatic heterocycles. The van der Waals surface area contributed by atoms with Crippen molar-refractivity contribution in [3.8, 4) is 23.0 Å². The quantitative estimate of drug-likeness (QED) is 0.268. The molecule has 2 aromatic rings. The van der Waals surface area contributed by atoms with E-state index in [4.69, 9.17) is 0 Å². The lowest BCUT2D eigenvalue weighted by Crippen LogP contribution is -2.13. The summed E-state index contributed by atoms with van der Waals surface area (Å²) >= 11 is 0. The third-order valence-electron chi connectivity index (χ3n) is 6.97. The fourth-order valence-corrected chi connectivity index (χ4v) is 4.82. The second-order valence-corrected chi connectivity index (χ2v) is 9.57. The molecule has 166 valence electrons. The summed E-state index contributed by atoms with van der Waals surface area (Å²) in [5, 5.41) is 0. The Morgan fingerprint density at radius 2 is 1.29 bits per heavy atom. The zero-order valence-corrected chi connectivity index (χ0v) is 20.0. The molecule has 0 aliphatic heterocycles. The summed E-state index contributed by atoms with van der Waals surface area (Å²) in [6.07, 6.45) is 17.5. The summed E-state index contributed by atoms with van der Waals surface area (Å²) < 4.78 is 0. The van der Waals surface area contributed by atoms with E-state index in [1.165, 1.54) is 100 Å². The van der Waals surface area contributed by atoms with Crippen LogP contribution in [0.25, 0.3) is 11.1 Å². The minimum atomic E-state index is 0.604. The van der Waals surface area contributed by atoms with Crippen LogP contribution >= 0.6 is 0 Å². The first-order chi connectivity index (χ1) is 15.3. The summed E-state index contributed by atoms with van der Waals surface area (Å²) in [5.41, 5.74) is 5.21. The van der Waals surface area contributed by atoms with Crippen LogP contribution in [0.1, 0.15) is 102 Å². The SMILES string of the molecule is CCCCCCCc1ccc(-c2ccc(C#C[C@H]3CC[C@H](CCCC)CC3)cc2)cc1. The van der Waals surface area contributed by atoms with Gasteiger partial charge < -0.3 is 0 Å². The lowest BCUT2D eigenvalue weighted by atomic mass is 9.80. The molecule has 1 aliphatic carbocycles. The summed E-state index contributed by atoms with van der Waals surface area (Å²) in [4.78, 5) is 0. The van der Waals surface area contributed by atoms with E-state index < -0.39 is 0 Å². The molecule has 1 aliphatic rings. The van der Waals surface area contributed by atoms with Gasteiger partial charge >= 0.3 is 0 Å². The number of unbranched alkanes of at least 4 members (excludes halogenated alkanes) is 5. The lowest BCUT2D eigenvalue weighted by Gasteiger charge is -2.25. The molecule has 0 nitrogen and oxygen atoms in total. The van der Waals surface area contributed by atoms with Crippen molar-refractivity contribution < 1.29 is 0 Å². The van der Waals surface area contributed by atoms with Gasteiger partial charge in [0.25, 0.3) is 0 Å². The molecule has 0 unspecified atom stereocenters. The van der Waals surface area contributed by atoms with Crippen LogP contribution in [-0.2, 0) is 6.42 Å². The summed E-state index contributed by atoms with van der Waals surface area (Å²) in [5.74, 6) is 8.58. The maximum Gasteiger partial charge on any atom is 0.0245 e. The van der Waals surface area contributed by atoms with Gasteiger partial charge in [-0.2, -0.15) is 0 Å². The summed E-state index contributed by atoms with van der Waals surface area (Å²) in [6.45, 7) is 4.58. The molecule has 0 atom stereocenters. The number of hydrogen-bond donors (Lipinski definition) is 0. The molecule has 0 heteroatoms. The highest BCUT2D eigenvalue weighted by Crippen LogP contribution is 2.31. The van der Waals surface area contributed by atoms with Crippen molar-refractivity contribution in [3.63, 3.8) is 0 Å². The van der Waals surface area contributed by atoms with Crippen molar-refractivity contribution in [2.24, 2.45) is 11.8 Å². The molecule has 1 saturated carbocycles. The molecule has 31 heavy (non-hydrogen) atoms. The van der Waals surface area contributed by atoms with Gasteiger partial charge in [-0.1, -0.05) is 107 Å². The third-order valence-corrected chi connectivity index (χ3v) is 6.97. The molecule has 2 aromatic carbocycles. The average Bonchev–Trinajstić information content (AvgIpc) is 2.83. The van der Waals surface area contributed by atoms with Crippen LogP contribution in [0.3, 0.4) is 0 Å². The Kier molecular flexibility index (Phi) is 10.2. The Balaban J connectivity index is 1.47. The minimum absolute atomic E-state index is 0.604. The fraction of sp³-hybridized carbons (Fsp3) is 0.548. The first kappa shape index (κ1) is 23.7. The highest BCUT2D eigenvalue weighted by Gasteiger charge is 2.19. The van der Waals surface area contributed by atoms with Crippen molar-refractivity contribution in [2.75, 3.05) is 0 Å². The zero-order valence-electron chi connectivity index (χ0n) is 20.0. The molecule has 0 spiro atoms. The Hall–Kier alpha value is -2.00. The maximum atomic E-state index is 3.56. The van der Waals surface area contributed by atoms with E-state index in [1.807, 2.05) is 0 Å².